The van der Waals surface area contributed by atoms with Gasteiger partial charge in [-0.3, -0.25) is 9.59 Å². The maximum Gasteiger partial charge on any atom is 0.248 e. The van der Waals surface area contributed by atoms with Crippen LogP contribution in [0, 0.1) is 0 Å². The zero-order chi connectivity index (χ0) is 18.1. The van der Waals surface area contributed by atoms with Crippen LogP contribution in [0.25, 0.3) is 6.08 Å². The van der Waals surface area contributed by atoms with Crippen LogP contribution in [0.4, 0.5) is 0 Å². The first-order valence-electron chi connectivity index (χ1n) is 8.69. The lowest BCUT2D eigenvalue weighted by Crippen LogP contribution is -2.32. The van der Waals surface area contributed by atoms with Gasteiger partial charge in [0, 0.05) is 28.7 Å². The lowest BCUT2D eigenvalue weighted by atomic mass is 9.89. The summed E-state index contributed by atoms with van der Waals surface area (Å²) in [5.74, 6) is 0.351. The number of hydrogen-bond acceptors (Lipinski definition) is 3. The quantitative estimate of drug-likeness (QED) is 0.833. The monoisotopic (exact) mass is 348 g/mol. The summed E-state index contributed by atoms with van der Waals surface area (Å²) in [6.45, 7) is 0.686. The Bertz CT molecular complexity index is 888. The topological polar surface area (TPSA) is 81.4 Å². The van der Waals surface area contributed by atoms with Crippen LogP contribution in [0.3, 0.4) is 0 Å². The first-order chi connectivity index (χ1) is 12.6. The number of nitrogens with one attached hydrogen (secondary N) is 1. The smallest absolute Gasteiger partial charge is 0.248 e. The third-order valence-corrected chi connectivity index (χ3v) is 5.24. The summed E-state index contributed by atoms with van der Waals surface area (Å²) in [6.07, 6.45) is 5.12. The molecule has 1 aliphatic carbocycles. The summed E-state index contributed by atoms with van der Waals surface area (Å²) in [6, 6.07) is 15.0. The van der Waals surface area contributed by atoms with Gasteiger partial charge < -0.3 is 15.8 Å². The molecular weight excluding hydrogens is 328 g/mol. The van der Waals surface area contributed by atoms with Crippen molar-refractivity contribution in [2.24, 2.45) is 5.73 Å². The van der Waals surface area contributed by atoms with Gasteiger partial charge in [0.1, 0.15) is 5.75 Å². The molecule has 2 amide bonds. The Kier molecular flexibility index (Phi) is 3.99. The summed E-state index contributed by atoms with van der Waals surface area (Å²) >= 11 is 0. The minimum absolute atomic E-state index is 0.0154. The highest BCUT2D eigenvalue weighted by Crippen LogP contribution is 2.55. The van der Waals surface area contributed by atoms with E-state index >= 15 is 0 Å². The average molecular weight is 348 g/mol. The Morgan fingerprint density at radius 3 is 2.69 bits per heavy atom. The van der Waals surface area contributed by atoms with Gasteiger partial charge in [-0.15, -0.1) is 0 Å². The SMILES string of the molecule is NC(=O)c1ccc(C=CC(=O)NC2CC23CCOc2ccccc23)cc1. The van der Waals surface area contributed by atoms with Crippen LogP contribution < -0.4 is 15.8 Å². The summed E-state index contributed by atoms with van der Waals surface area (Å²) in [7, 11) is 0. The van der Waals surface area contributed by atoms with Gasteiger partial charge in [0.05, 0.1) is 6.61 Å². The van der Waals surface area contributed by atoms with E-state index in [9.17, 15) is 9.59 Å². The van der Waals surface area contributed by atoms with E-state index < -0.39 is 5.91 Å². The van der Waals surface area contributed by atoms with Crippen molar-refractivity contribution in [2.75, 3.05) is 6.61 Å². The van der Waals surface area contributed by atoms with Crippen molar-refractivity contribution >= 4 is 17.9 Å². The largest absolute Gasteiger partial charge is 0.493 e. The number of amides is 2. The number of benzene rings is 2. The molecule has 1 saturated carbocycles. The Labute approximate surface area is 151 Å². The van der Waals surface area contributed by atoms with Gasteiger partial charge in [-0.05, 0) is 42.7 Å². The number of para-hydroxylation sites is 1. The number of carbonyl (C=O) groups is 2. The first-order valence-corrected chi connectivity index (χ1v) is 8.69. The molecular formula is C21H20N2O3. The number of primary amides is 1. The Morgan fingerprint density at radius 1 is 1.15 bits per heavy atom. The molecule has 2 aromatic carbocycles. The molecule has 5 heteroatoms. The molecule has 1 spiro atoms. The molecule has 2 atom stereocenters. The number of ether oxygens (including phenoxy) is 1. The Balaban J connectivity index is 1.40. The highest BCUT2D eigenvalue weighted by atomic mass is 16.5. The fourth-order valence-electron chi connectivity index (χ4n) is 3.70. The molecule has 5 nitrogen and oxygen atoms in total. The second-order valence-corrected chi connectivity index (χ2v) is 6.84. The summed E-state index contributed by atoms with van der Waals surface area (Å²) in [5.41, 5.74) is 7.72. The van der Waals surface area contributed by atoms with Crippen LogP contribution >= 0.6 is 0 Å². The third-order valence-electron chi connectivity index (χ3n) is 5.24. The first kappa shape index (κ1) is 16.4. The second kappa shape index (κ2) is 6.33. The molecule has 3 N–H and O–H groups in total. The number of rotatable bonds is 4. The van der Waals surface area contributed by atoms with Crippen molar-refractivity contribution in [3.05, 3.63) is 71.3 Å². The van der Waals surface area contributed by atoms with E-state index in [1.165, 1.54) is 11.6 Å². The standard InChI is InChI=1S/C21H20N2O3/c22-20(25)15-8-5-14(6-9-15)7-10-19(24)23-18-13-21(18)11-12-26-17-4-2-1-3-16(17)21/h1-10,18H,11-13H2,(H2,22,25)(H,23,24). The average Bonchev–Trinajstić information content (AvgIpc) is 3.33. The van der Waals surface area contributed by atoms with E-state index in [1.54, 1.807) is 30.3 Å². The number of fused-ring (bicyclic) bond motifs is 2. The molecule has 1 heterocycles. The molecule has 0 saturated heterocycles. The van der Waals surface area contributed by atoms with Crippen molar-refractivity contribution in [3.8, 4) is 5.75 Å². The molecule has 0 bridgehead atoms. The fraction of sp³-hybridized carbons (Fsp3) is 0.238. The van der Waals surface area contributed by atoms with Crippen molar-refractivity contribution in [2.45, 2.75) is 24.3 Å². The van der Waals surface area contributed by atoms with Crippen molar-refractivity contribution < 1.29 is 14.3 Å². The molecule has 2 unspecified atom stereocenters. The zero-order valence-electron chi connectivity index (χ0n) is 14.3. The fourth-order valence-corrected chi connectivity index (χ4v) is 3.70. The van der Waals surface area contributed by atoms with Crippen molar-refractivity contribution in [3.63, 3.8) is 0 Å². The van der Waals surface area contributed by atoms with Gasteiger partial charge in [-0.1, -0.05) is 30.3 Å². The van der Waals surface area contributed by atoms with Gasteiger partial charge >= 0.3 is 0 Å². The minimum atomic E-state index is -0.464. The van der Waals surface area contributed by atoms with E-state index in [-0.39, 0.29) is 17.4 Å². The molecule has 0 radical (unpaired) electrons. The van der Waals surface area contributed by atoms with E-state index in [2.05, 4.69) is 11.4 Å². The van der Waals surface area contributed by atoms with E-state index in [4.69, 9.17) is 10.5 Å². The molecule has 2 aromatic rings. The van der Waals surface area contributed by atoms with Crippen LogP contribution in [0.5, 0.6) is 5.75 Å². The Morgan fingerprint density at radius 2 is 1.92 bits per heavy atom. The van der Waals surface area contributed by atoms with Crippen molar-refractivity contribution in [1.82, 2.24) is 5.32 Å². The van der Waals surface area contributed by atoms with Crippen LogP contribution in [0.1, 0.15) is 34.3 Å². The zero-order valence-corrected chi connectivity index (χ0v) is 14.3. The molecule has 0 aromatic heterocycles. The predicted molar refractivity (Wildman–Crippen MR) is 98.8 cm³/mol. The second-order valence-electron chi connectivity index (χ2n) is 6.84. The van der Waals surface area contributed by atoms with Gasteiger partial charge in [-0.25, -0.2) is 0 Å². The Hall–Kier alpha value is -3.08. The highest BCUT2D eigenvalue weighted by molar-refractivity contribution is 5.94. The predicted octanol–water partition coefficient (Wildman–Crippen LogP) is 2.41. The minimum Gasteiger partial charge on any atom is -0.493 e. The molecule has 1 fully saturated rings. The van der Waals surface area contributed by atoms with Gasteiger partial charge in [0.2, 0.25) is 11.8 Å². The molecule has 26 heavy (non-hydrogen) atoms. The maximum atomic E-state index is 12.3. The number of hydrogen-bond donors (Lipinski definition) is 2. The summed E-state index contributed by atoms with van der Waals surface area (Å²) in [4.78, 5) is 23.3. The van der Waals surface area contributed by atoms with Crippen LogP contribution in [0.2, 0.25) is 0 Å². The number of carbonyl (C=O) groups excluding carboxylic acids is 2. The summed E-state index contributed by atoms with van der Waals surface area (Å²) < 4.78 is 5.72. The number of nitrogens with two attached hydrogens (primary N) is 1. The van der Waals surface area contributed by atoms with E-state index in [0.717, 1.165) is 24.2 Å². The van der Waals surface area contributed by atoms with Crippen molar-refractivity contribution in [1.29, 1.82) is 0 Å². The molecule has 4 rings (SSSR count). The molecule has 132 valence electrons. The van der Waals surface area contributed by atoms with Crippen LogP contribution in [0.15, 0.2) is 54.6 Å². The van der Waals surface area contributed by atoms with Gasteiger partial charge in [-0.2, -0.15) is 0 Å². The lowest BCUT2D eigenvalue weighted by molar-refractivity contribution is -0.116. The maximum absolute atomic E-state index is 12.3. The normalized spacial score (nSPS) is 23.3. The van der Waals surface area contributed by atoms with Crippen LogP contribution in [-0.4, -0.2) is 24.5 Å². The summed E-state index contributed by atoms with van der Waals surface area (Å²) in [5, 5.41) is 3.10. The highest BCUT2D eigenvalue weighted by Gasteiger charge is 2.58. The van der Waals surface area contributed by atoms with Gasteiger partial charge in [0.25, 0.3) is 0 Å². The van der Waals surface area contributed by atoms with E-state index in [1.807, 2.05) is 18.2 Å². The third kappa shape index (κ3) is 2.96. The van der Waals surface area contributed by atoms with E-state index in [0.29, 0.717) is 12.2 Å². The van der Waals surface area contributed by atoms with Crippen LogP contribution in [-0.2, 0) is 10.2 Å². The molecule has 1 aliphatic heterocycles. The van der Waals surface area contributed by atoms with Gasteiger partial charge in [0.15, 0.2) is 0 Å². The molecule has 2 aliphatic rings. The lowest BCUT2D eigenvalue weighted by Gasteiger charge is -2.26.